The molecule has 1 aliphatic rings. The molecule has 1 aliphatic heterocycles. The van der Waals surface area contributed by atoms with Gasteiger partial charge in [-0.25, -0.2) is 4.98 Å². The molecule has 6 nitrogen and oxygen atoms in total. The average Bonchev–Trinajstić information content (AvgIpc) is 3.37. The minimum atomic E-state index is -0.224. The zero-order valence-corrected chi connectivity index (χ0v) is 19.5. The van der Waals surface area contributed by atoms with E-state index in [-0.39, 0.29) is 19.3 Å². The highest BCUT2D eigenvalue weighted by atomic mass is 35.5. The van der Waals surface area contributed by atoms with Gasteiger partial charge in [0.1, 0.15) is 5.82 Å². The van der Waals surface area contributed by atoms with Crippen LogP contribution in [0.4, 0.5) is 11.4 Å². The van der Waals surface area contributed by atoms with Gasteiger partial charge in [0.05, 0.1) is 36.2 Å². The quantitative estimate of drug-likeness (QED) is 0.307. The fourth-order valence-electron chi connectivity index (χ4n) is 4.51. The molecule has 174 valence electrons. The molecule has 4 aromatic rings. The molecular formula is C27H27ClN4O2. The maximum atomic E-state index is 9.55. The normalized spacial score (nSPS) is 13.8. The second-order valence-corrected chi connectivity index (χ2v) is 8.92. The molecule has 0 spiro atoms. The third-order valence-corrected chi connectivity index (χ3v) is 6.72. The summed E-state index contributed by atoms with van der Waals surface area (Å²) in [7, 11) is 0. The van der Waals surface area contributed by atoms with Gasteiger partial charge in [-0.1, -0.05) is 54.1 Å². The highest BCUT2D eigenvalue weighted by Gasteiger charge is 2.24. The van der Waals surface area contributed by atoms with E-state index in [1.54, 1.807) is 0 Å². The largest absolute Gasteiger partial charge is 0.395 e. The summed E-state index contributed by atoms with van der Waals surface area (Å²) in [6, 6.07) is 21.9. The summed E-state index contributed by atoms with van der Waals surface area (Å²) < 4.78 is 0. The lowest BCUT2D eigenvalue weighted by Crippen LogP contribution is -2.43. The van der Waals surface area contributed by atoms with Crippen LogP contribution in [0.2, 0.25) is 5.02 Å². The summed E-state index contributed by atoms with van der Waals surface area (Å²) in [6.07, 6.45) is 2.67. The van der Waals surface area contributed by atoms with Gasteiger partial charge in [-0.2, -0.15) is 0 Å². The molecule has 7 heteroatoms. The first-order valence-corrected chi connectivity index (χ1v) is 11.8. The first-order chi connectivity index (χ1) is 16.7. The number of nitrogens with one attached hydrogen (secondary N) is 2. The average molecular weight is 475 g/mol. The smallest absolute Gasteiger partial charge is 0.139 e. The summed E-state index contributed by atoms with van der Waals surface area (Å²) >= 11 is 6.54. The zero-order valence-electron chi connectivity index (χ0n) is 18.7. The lowest BCUT2D eigenvalue weighted by molar-refractivity contribution is 0.0652. The van der Waals surface area contributed by atoms with Crippen molar-refractivity contribution in [2.75, 3.05) is 25.1 Å². The van der Waals surface area contributed by atoms with Crippen molar-refractivity contribution in [1.29, 1.82) is 0 Å². The predicted molar refractivity (Wildman–Crippen MR) is 136 cm³/mol. The van der Waals surface area contributed by atoms with Crippen LogP contribution >= 0.6 is 11.6 Å². The highest BCUT2D eigenvalue weighted by molar-refractivity contribution is 6.33. The predicted octanol–water partition coefficient (Wildman–Crippen LogP) is 4.85. The van der Waals surface area contributed by atoms with Gasteiger partial charge in [0.15, 0.2) is 0 Å². The number of nitrogens with zero attached hydrogens (tertiary/aromatic N) is 2. The number of halogens is 1. The highest BCUT2D eigenvalue weighted by Crippen LogP contribution is 2.34. The summed E-state index contributed by atoms with van der Waals surface area (Å²) in [5, 5.41) is 23.3. The van der Waals surface area contributed by atoms with E-state index in [2.05, 4.69) is 32.3 Å². The minimum absolute atomic E-state index is 0.0455. The number of aromatic nitrogens is 2. The number of fused-ring (bicyclic) bond motifs is 1. The van der Waals surface area contributed by atoms with E-state index >= 15 is 0 Å². The SMILES string of the molecule is OCC(CO)N1CCc2c(cccc2Nc2ccc(Cl)c(-c3ncc(-c4ccccc4)[nH]3)c2)C1. The van der Waals surface area contributed by atoms with Crippen LogP contribution in [0.5, 0.6) is 0 Å². The first-order valence-electron chi connectivity index (χ1n) is 11.4. The second-order valence-electron chi connectivity index (χ2n) is 8.51. The van der Waals surface area contributed by atoms with E-state index in [1.165, 1.54) is 11.1 Å². The Morgan fingerprint density at radius 2 is 1.85 bits per heavy atom. The van der Waals surface area contributed by atoms with Gasteiger partial charge in [0.25, 0.3) is 0 Å². The molecule has 0 saturated carbocycles. The molecule has 0 aliphatic carbocycles. The van der Waals surface area contributed by atoms with Crippen LogP contribution in [0.25, 0.3) is 22.6 Å². The van der Waals surface area contributed by atoms with Gasteiger partial charge in [0, 0.05) is 30.0 Å². The van der Waals surface area contributed by atoms with Crippen LogP contribution < -0.4 is 5.32 Å². The maximum Gasteiger partial charge on any atom is 0.139 e. The molecule has 2 heterocycles. The Morgan fingerprint density at radius 1 is 1.03 bits per heavy atom. The molecule has 1 aromatic heterocycles. The van der Waals surface area contributed by atoms with Crippen molar-refractivity contribution in [3.8, 4) is 22.6 Å². The Bertz CT molecular complexity index is 1270. The van der Waals surface area contributed by atoms with E-state index in [4.69, 9.17) is 11.6 Å². The molecule has 0 bridgehead atoms. The van der Waals surface area contributed by atoms with Crippen molar-refractivity contribution in [1.82, 2.24) is 14.9 Å². The van der Waals surface area contributed by atoms with Gasteiger partial charge < -0.3 is 20.5 Å². The molecule has 0 amide bonds. The molecule has 0 fully saturated rings. The third-order valence-electron chi connectivity index (χ3n) is 6.39. The lowest BCUT2D eigenvalue weighted by Gasteiger charge is -2.34. The number of rotatable bonds is 7. The molecule has 3 aromatic carbocycles. The zero-order chi connectivity index (χ0) is 23.5. The third kappa shape index (κ3) is 4.58. The van der Waals surface area contributed by atoms with E-state index in [0.717, 1.165) is 47.0 Å². The molecular weight excluding hydrogens is 448 g/mol. The number of aromatic amines is 1. The molecule has 4 N–H and O–H groups in total. The molecule has 0 unspecified atom stereocenters. The second kappa shape index (κ2) is 9.99. The van der Waals surface area contributed by atoms with Crippen molar-refractivity contribution in [3.63, 3.8) is 0 Å². The molecule has 0 atom stereocenters. The Kier molecular flexibility index (Phi) is 6.65. The van der Waals surface area contributed by atoms with E-state index in [9.17, 15) is 10.2 Å². The molecule has 5 rings (SSSR count). The Morgan fingerprint density at radius 3 is 2.65 bits per heavy atom. The van der Waals surface area contributed by atoms with Crippen molar-refractivity contribution in [2.24, 2.45) is 0 Å². The van der Waals surface area contributed by atoms with E-state index in [0.29, 0.717) is 11.6 Å². The van der Waals surface area contributed by atoms with Crippen molar-refractivity contribution in [2.45, 2.75) is 19.0 Å². The van der Waals surface area contributed by atoms with Crippen LogP contribution in [0, 0.1) is 0 Å². The number of aliphatic hydroxyl groups excluding tert-OH is 2. The van der Waals surface area contributed by atoms with Gasteiger partial charge in [-0.05, 0) is 47.4 Å². The monoisotopic (exact) mass is 474 g/mol. The van der Waals surface area contributed by atoms with E-state index in [1.807, 2.05) is 60.8 Å². The van der Waals surface area contributed by atoms with Crippen LogP contribution in [0.1, 0.15) is 11.1 Å². The van der Waals surface area contributed by atoms with Crippen molar-refractivity contribution < 1.29 is 10.2 Å². The molecule has 0 radical (unpaired) electrons. The molecule has 34 heavy (non-hydrogen) atoms. The first kappa shape index (κ1) is 22.6. The molecule has 0 saturated heterocycles. The summed E-state index contributed by atoms with van der Waals surface area (Å²) in [5.74, 6) is 0.720. The van der Waals surface area contributed by atoms with Crippen LogP contribution in [-0.4, -0.2) is 50.9 Å². The number of anilines is 2. The van der Waals surface area contributed by atoms with E-state index < -0.39 is 0 Å². The number of hydrogen-bond donors (Lipinski definition) is 4. The minimum Gasteiger partial charge on any atom is -0.395 e. The van der Waals surface area contributed by atoms with Gasteiger partial charge in [-0.15, -0.1) is 0 Å². The maximum absolute atomic E-state index is 9.55. The fourth-order valence-corrected chi connectivity index (χ4v) is 4.72. The Hall–Kier alpha value is -3.16. The number of imidazole rings is 1. The van der Waals surface area contributed by atoms with Crippen LogP contribution in [0.3, 0.4) is 0 Å². The number of H-pyrrole nitrogens is 1. The topological polar surface area (TPSA) is 84.4 Å². The standard InChI is InChI=1S/C27H27ClN4O2/c28-24-10-9-20(13-23(24)27-29-14-26(31-27)18-5-2-1-3-6-18)30-25-8-4-7-19-15-32(12-11-22(19)25)21(16-33)17-34/h1-10,13-14,21,30,33-34H,11-12,15-17H2,(H,29,31). The Balaban J connectivity index is 1.40. The number of aliphatic hydroxyl groups is 2. The van der Waals surface area contributed by atoms with Crippen molar-refractivity contribution in [3.05, 3.63) is 89.1 Å². The van der Waals surface area contributed by atoms with Crippen LogP contribution in [-0.2, 0) is 13.0 Å². The fraction of sp³-hybridized carbons (Fsp3) is 0.222. The lowest BCUT2D eigenvalue weighted by atomic mass is 9.96. The van der Waals surface area contributed by atoms with Crippen LogP contribution in [0.15, 0.2) is 72.9 Å². The van der Waals surface area contributed by atoms with Gasteiger partial charge in [0.2, 0.25) is 0 Å². The summed E-state index contributed by atoms with van der Waals surface area (Å²) in [5.41, 5.74) is 7.29. The van der Waals surface area contributed by atoms with Gasteiger partial charge >= 0.3 is 0 Å². The summed E-state index contributed by atoms with van der Waals surface area (Å²) in [6.45, 7) is 1.40. The number of hydrogen-bond acceptors (Lipinski definition) is 5. The van der Waals surface area contributed by atoms with Crippen molar-refractivity contribution >= 4 is 23.0 Å². The van der Waals surface area contributed by atoms with Gasteiger partial charge in [-0.3, -0.25) is 4.90 Å². The Labute approximate surface area is 203 Å². The number of benzene rings is 3. The summed E-state index contributed by atoms with van der Waals surface area (Å²) in [4.78, 5) is 10.1.